The second-order valence-electron chi connectivity index (χ2n) is 6.25. The Bertz CT molecular complexity index is 889. The number of hydrogen-bond acceptors (Lipinski definition) is 6. The zero-order chi connectivity index (χ0) is 21.3. The van der Waals surface area contributed by atoms with Crippen molar-refractivity contribution in [3.05, 3.63) is 52.2 Å². The molecule has 0 atom stereocenters. The smallest absolute Gasteiger partial charge is 0.306 e. The summed E-state index contributed by atoms with van der Waals surface area (Å²) in [6, 6.07) is 10.3. The number of benzene rings is 1. The van der Waals surface area contributed by atoms with Gasteiger partial charge in [0.15, 0.2) is 6.61 Å². The van der Waals surface area contributed by atoms with E-state index in [0.29, 0.717) is 26.1 Å². The highest BCUT2D eigenvalue weighted by Crippen LogP contribution is 2.17. The summed E-state index contributed by atoms with van der Waals surface area (Å²) in [6.45, 7) is 4.51. The van der Waals surface area contributed by atoms with Gasteiger partial charge in [-0.15, -0.1) is 11.3 Å². The Balaban J connectivity index is 1.76. The number of amides is 1. The van der Waals surface area contributed by atoms with Crippen molar-refractivity contribution in [1.29, 1.82) is 0 Å². The first-order valence-corrected chi connectivity index (χ1v) is 11.7. The molecule has 1 aromatic heterocycles. The predicted molar refractivity (Wildman–Crippen MR) is 112 cm³/mol. The average Bonchev–Trinajstić information content (AvgIpc) is 3.24. The van der Waals surface area contributed by atoms with Gasteiger partial charge in [-0.1, -0.05) is 32.0 Å². The van der Waals surface area contributed by atoms with E-state index in [0.717, 1.165) is 10.4 Å². The summed E-state index contributed by atoms with van der Waals surface area (Å²) in [7, 11) is -3.49. The molecular formula is C20H26N2O5S2. The molecule has 1 amide bonds. The second-order valence-corrected chi connectivity index (χ2v) is 9.22. The van der Waals surface area contributed by atoms with Crippen molar-refractivity contribution in [2.75, 3.05) is 19.7 Å². The third-order valence-electron chi connectivity index (χ3n) is 4.29. The topological polar surface area (TPSA) is 92.8 Å². The summed E-state index contributed by atoms with van der Waals surface area (Å²) in [5, 5.41) is 4.61. The lowest BCUT2D eigenvalue weighted by Crippen LogP contribution is -2.30. The Kier molecular flexibility index (Phi) is 8.81. The van der Waals surface area contributed by atoms with Crippen LogP contribution in [0.5, 0.6) is 0 Å². The van der Waals surface area contributed by atoms with Gasteiger partial charge in [-0.3, -0.25) is 9.59 Å². The molecule has 1 aromatic carbocycles. The highest BCUT2D eigenvalue weighted by molar-refractivity contribution is 7.89. The van der Waals surface area contributed by atoms with Gasteiger partial charge >= 0.3 is 5.97 Å². The maximum Gasteiger partial charge on any atom is 0.306 e. The van der Waals surface area contributed by atoms with E-state index in [1.165, 1.54) is 15.6 Å². The number of aryl methyl sites for hydroxylation is 1. The number of rotatable bonds is 11. The number of hydrogen-bond donors (Lipinski definition) is 1. The minimum atomic E-state index is -3.49. The first-order valence-electron chi connectivity index (χ1n) is 9.40. The number of esters is 1. The Morgan fingerprint density at radius 3 is 2.38 bits per heavy atom. The van der Waals surface area contributed by atoms with Crippen LogP contribution in [-0.2, 0) is 37.3 Å². The van der Waals surface area contributed by atoms with Gasteiger partial charge in [0.25, 0.3) is 5.91 Å². The summed E-state index contributed by atoms with van der Waals surface area (Å²) >= 11 is 1.54. The van der Waals surface area contributed by atoms with Gasteiger partial charge in [-0.25, -0.2) is 8.42 Å². The molecule has 0 fully saturated rings. The van der Waals surface area contributed by atoms with E-state index in [1.54, 1.807) is 38.1 Å². The number of carbonyl (C=O) groups excluding carboxylic acids is 2. The van der Waals surface area contributed by atoms with Crippen LogP contribution in [0.2, 0.25) is 0 Å². The molecule has 0 saturated heterocycles. The highest BCUT2D eigenvalue weighted by Gasteiger charge is 2.21. The van der Waals surface area contributed by atoms with E-state index in [1.807, 2.05) is 17.5 Å². The molecule has 0 aliphatic carbocycles. The quantitative estimate of drug-likeness (QED) is 0.545. The van der Waals surface area contributed by atoms with E-state index >= 15 is 0 Å². The van der Waals surface area contributed by atoms with E-state index in [9.17, 15) is 18.0 Å². The van der Waals surface area contributed by atoms with Gasteiger partial charge in [0, 0.05) is 24.4 Å². The van der Waals surface area contributed by atoms with Crippen molar-refractivity contribution in [3.8, 4) is 0 Å². The molecule has 0 radical (unpaired) electrons. The fraction of sp³-hybridized carbons (Fsp3) is 0.400. The van der Waals surface area contributed by atoms with Gasteiger partial charge < -0.3 is 10.1 Å². The molecule has 2 aromatic rings. The number of nitrogens with zero attached hydrogens (tertiary/aromatic N) is 1. The Labute approximate surface area is 175 Å². The zero-order valence-corrected chi connectivity index (χ0v) is 18.2. The van der Waals surface area contributed by atoms with Crippen LogP contribution in [-0.4, -0.2) is 44.3 Å². The van der Waals surface area contributed by atoms with Crippen LogP contribution in [0.3, 0.4) is 0 Å². The van der Waals surface area contributed by atoms with Crippen LogP contribution in [0, 0.1) is 0 Å². The van der Waals surface area contributed by atoms with Crippen molar-refractivity contribution in [2.24, 2.45) is 0 Å². The Hall–Kier alpha value is -2.23. The molecule has 1 N–H and O–H groups in total. The molecule has 0 spiro atoms. The first-order chi connectivity index (χ1) is 13.9. The van der Waals surface area contributed by atoms with Gasteiger partial charge in [0.2, 0.25) is 10.0 Å². The maximum absolute atomic E-state index is 12.5. The van der Waals surface area contributed by atoms with Crippen LogP contribution in [0.15, 0.2) is 46.7 Å². The monoisotopic (exact) mass is 438 g/mol. The third kappa shape index (κ3) is 6.95. The highest BCUT2D eigenvalue weighted by atomic mass is 32.2. The standard InChI is InChI=1S/C20H26N2O5S2/c1-3-22(4-2)29(25,26)18-10-7-16(8-11-18)9-12-20(24)27-15-19(23)21-14-17-6-5-13-28-17/h5-8,10-11,13H,3-4,9,12,14-15H2,1-2H3,(H,21,23). The van der Waals surface area contributed by atoms with Crippen LogP contribution in [0.4, 0.5) is 0 Å². The summed E-state index contributed by atoms with van der Waals surface area (Å²) in [4.78, 5) is 24.8. The van der Waals surface area contributed by atoms with E-state index < -0.39 is 16.0 Å². The number of ether oxygens (including phenoxy) is 1. The predicted octanol–water partition coefficient (Wildman–Crippen LogP) is 2.57. The van der Waals surface area contributed by atoms with Gasteiger partial charge in [-0.05, 0) is 35.6 Å². The molecular weight excluding hydrogens is 412 g/mol. The number of carbonyl (C=O) groups is 2. The molecule has 0 aliphatic rings. The summed E-state index contributed by atoms with van der Waals surface area (Å²) in [5.41, 5.74) is 0.822. The Morgan fingerprint density at radius 2 is 1.79 bits per heavy atom. The average molecular weight is 439 g/mol. The molecule has 7 nitrogen and oxygen atoms in total. The molecule has 0 unspecified atom stereocenters. The molecule has 0 bridgehead atoms. The van der Waals surface area contributed by atoms with Gasteiger partial charge in [0.05, 0.1) is 11.4 Å². The van der Waals surface area contributed by atoms with E-state index in [-0.39, 0.29) is 23.8 Å². The number of nitrogens with one attached hydrogen (secondary N) is 1. The molecule has 1 heterocycles. The lowest BCUT2D eigenvalue weighted by Gasteiger charge is -2.18. The summed E-state index contributed by atoms with van der Waals surface area (Å²) in [5.74, 6) is -0.825. The number of thiophene rings is 1. The van der Waals surface area contributed by atoms with Crippen LogP contribution < -0.4 is 5.32 Å². The Morgan fingerprint density at radius 1 is 1.10 bits per heavy atom. The maximum atomic E-state index is 12.5. The minimum absolute atomic E-state index is 0.111. The third-order valence-corrected chi connectivity index (χ3v) is 7.23. The van der Waals surface area contributed by atoms with E-state index in [4.69, 9.17) is 4.74 Å². The fourth-order valence-electron chi connectivity index (χ4n) is 2.66. The van der Waals surface area contributed by atoms with Gasteiger partial charge in [-0.2, -0.15) is 4.31 Å². The number of sulfonamides is 1. The normalized spacial score (nSPS) is 11.4. The lowest BCUT2D eigenvalue weighted by atomic mass is 10.1. The fourth-order valence-corrected chi connectivity index (χ4v) is 4.76. The van der Waals surface area contributed by atoms with Crippen molar-refractivity contribution < 1.29 is 22.7 Å². The molecule has 2 rings (SSSR count). The zero-order valence-electron chi connectivity index (χ0n) is 16.6. The molecule has 0 saturated carbocycles. The van der Waals surface area contributed by atoms with Crippen LogP contribution in [0.25, 0.3) is 0 Å². The summed E-state index contributed by atoms with van der Waals surface area (Å²) < 4.78 is 31.3. The van der Waals surface area contributed by atoms with Crippen molar-refractivity contribution in [2.45, 2.75) is 38.1 Å². The molecule has 9 heteroatoms. The van der Waals surface area contributed by atoms with Crippen molar-refractivity contribution in [3.63, 3.8) is 0 Å². The van der Waals surface area contributed by atoms with Crippen LogP contribution >= 0.6 is 11.3 Å². The first kappa shape index (κ1) is 23.1. The minimum Gasteiger partial charge on any atom is -0.456 e. The SMILES string of the molecule is CCN(CC)S(=O)(=O)c1ccc(CCC(=O)OCC(=O)NCc2cccs2)cc1. The molecule has 29 heavy (non-hydrogen) atoms. The second kappa shape index (κ2) is 11.1. The molecule has 0 aliphatic heterocycles. The van der Waals surface area contributed by atoms with Crippen LogP contribution in [0.1, 0.15) is 30.7 Å². The summed E-state index contributed by atoms with van der Waals surface area (Å²) in [6.07, 6.45) is 0.515. The van der Waals surface area contributed by atoms with Crippen molar-refractivity contribution >= 4 is 33.2 Å². The van der Waals surface area contributed by atoms with Gasteiger partial charge in [0.1, 0.15) is 0 Å². The lowest BCUT2D eigenvalue weighted by molar-refractivity contribution is -0.148. The molecule has 158 valence electrons. The van der Waals surface area contributed by atoms with Crippen molar-refractivity contribution in [1.82, 2.24) is 9.62 Å². The van der Waals surface area contributed by atoms with E-state index in [2.05, 4.69) is 5.32 Å². The largest absolute Gasteiger partial charge is 0.456 e.